The molecule has 1 atom stereocenters. The van der Waals surface area contributed by atoms with Crippen LogP contribution in [0.5, 0.6) is 0 Å². The number of aryl methyl sites for hydroxylation is 1. The fourth-order valence-corrected chi connectivity index (χ4v) is 4.44. The predicted octanol–water partition coefficient (Wildman–Crippen LogP) is 4.26. The van der Waals surface area contributed by atoms with Crippen LogP contribution in [0.3, 0.4) is 0 Å². The molecule has 7 heteroatoms. The molecular formula is C26H23N3O4. The van der Waals surface area contributed by atoms with Crippen LogP contribution in [-0.2, 0) is 16.0 Å². The number of imidazole rings is 1. The number of carbonyl (C=O) groups is 2. The smallest absolute Gasteiger partial charge is 0.407 e. The van der Waals surface area contributed by atoms with E-state index < -0.39 is 18.1 Å². The Balaban J connectivity index is 1.22. The van der Waals surface area contributed by atoms with Crippen molar-refractivity contribution < 1.29 is 19.4 Å². The molecule has 2 heterocycles. The second-order valence-corrected chi connectivity index (χ2v) is 8.10. The molecule has 166 valence electrons. The van der Waals surface area contributed by atoms with Gasteiger partial charge in [-0.15, -0.1) is 0 Å². The van der Waals surface area contributed by atoms with Crippen LogP contribution in [0.1, 0.15) is 29.2 Å². The van der Waals surface area contributed by atoms with Gasteiger partial charge in [0.25, 0.3) is 0 Å². The van der Waals surface area contributed by atoms with E-state index in [1.807, 2.05) is 71.4 Å². The van der Waals surface area contributed by atoms with Gasteiger partial charge in [0, 0.05) is 18.3 Å². The maximum absolute atomic E-state index is 12.5. The molecule has 0 bridgehead atoms. The lowest BCUT2D eigenvalue weighted by atomic mass is 9.98. The zero-order valence-electron chi connectivity index (χ0n) is 17.8. The van der Waals surface area contributed by atoms with E-state index in [2.05, 4.69) is 22.4 Å². The Morgan fingerprint density at radius 2 is 1.67 bits per heavy atom. The summed E-state index contributed by atoms with van der Waals surface area (Å²) in [5.41, 5.74) is 6.04. The highest BCUT2D eigenvalue weighted by Gasteiger charge is 2.29. The van der Waals surface area contributed by atoms with Gasteiger partial charge in [-0.2, -0.15) is 0 Å². The second kappa shape index (κ2) is 8.78. The molecule has 0 fully saturated rings. The number of aliphatic carboxylic acids is 1. The summed E-state index contributed by atoms with van der Waals surface area (Å²) >= 11 is 0. The number of amides is 1. The molecule has 0 radical (unpaired) electrons. The van der Waals surface area contributed by atoms with Crippen molar-refractivity contribution in [3.63, 3.8) is 0 Å². The van der Waals surface area contributed by atoms with Crippen molar-refractivity contribution in [1.82, 2.24) is 14.7 Å². The van der Waals surface area contributed by atoms with E-state index in [4.69, 9.17) is 4.74 Å². The van der Waals surface area contributed by atoms with E-state index in [0.717, 1.165) is 33.6 Å². The molecule has 2 aromatic carbocycles. The van der Waals surface area contributed by atoms with Crippen LogP contribution in [0, 0.1) is 0 Å². The third kappa shape index (κ3) is 4.17. The highest BCUT2D eigenvalue weighted by atomic mass is 16.5. The summed E-state index contributed by atoms with van der Waals surface area (Å²) in [4.78, 5) is 28.7. The number of carboxylic acids is 1. The summed E-state index contributed by atoms with van der Waals surface area (Å²) in [5, 5.41) is 12.1. The van der Waals surface area contributed by atoms with Crippen LogP contribution >= 0.6 is 0 Å². The van der Waals surface area contributed by atoms with E-state index in [1.165, 1.54) is 0 Å². The first kappa shape index (κ1) is 20.8. The van der Waals surface area contributed by atoms with Crippen LogP contribution in [0.15, 0.2) is 79.1 Å². The Morgan fingerprint density at radius 3 is 2.33 bits per heavy atom. The number of pyridine rings is 1. The number of ether oxygens (including phenoxy) is 1. The summed E-state index contributed by atoms with van der Waals surface area (Å²) in [6.45, 7) is 0.138. The number of nitrogens with one attached hydrogen (secondary N) is 1. The Bertz CT molecular complexity index is 1250. The van der Waals surface area contributed by atoms with Crippen molar-refractivity contribution in [2.24, 2.45) is 0 Å². The molecule has 4 aromatic rings. The number of aromatic nitrogens is 2. The van der Waals surface area contributed by atoms with Gasteiger partial charge < -0.3 is 19.6 Å². The van der Waals surface area contributed by atoms with Gasteiger partial charge in [-0.3, -0.25) is 0 Å². The average Bonchev–Trinajstić information content (AvgIpc) is 3.39. The fraction of sp³-hybridized carbons (Fsp3) is 0.192. The van der Waals surface area contributed by atoms with Gasteiger partial charge in [0.1, 0.15) is 18.3 Å². The van der Waals surface area contributed by atoms with Crippen LogP contribution in [0.2, 0.25) is 0 Å². The summed E-state index contributed by atoms with van der Waals surface area (Å²) in [5.74, 6) is -1.18. The first-order chi connectivity index (χ1) is 16.1. The molecule has 1 aliphatic rings. The lowest BCUT2D eigenvalue weighted by molar-refractivity contribution is -0.139. The Labute approximate surface area is 190 Å². The lowest BCUT2D eigenvalue weighted by Gasteiger charge is -2.17. The maximum atomic E-state index is 12.5. The molecule has 2 N–H and O–H groups in total. The van der Waals surface area contributed by atoms with Crippen molar-refractivity contribution in [3.05, 3.63) is 95.9 Å². The number of nitrogens with zero attached hydrogens (tertiary/aromatic N) is 2. The van der Waals surface area contributed by atoms with E-state index in [9.17, 15) is 14.7 Å². The van der Waals surface area contributed by atoms with Crippen LogP contribution in [0.4, 0.5) is 4.79 Å². The summed E-state index contributed by atoms with van der Waals surface area (Å²) < 4.78 is 7.37. The number of benzene rings is 2. The molecular weight excluding hydrogens is 418 g/mol. The first-order valence-corrected chi connectivity index (χ1v) is 10.9. The van der Waals surface area contributed by atoms with Crippen LogP contribution < -0.4 is 5.32 Å². The molecule has 0 saturated heterocycles. The molecule has 33 heavy (non-hydrogen) atoms. The van der Waals surface area contributed by atoms with Gasteiger partial charge in [-0.25, -0.2) is 14.6 Å². The van der Waals surface area contributed by atoms with Gasteiger partial charge in [0.15, 0.2) is 0 Å². The minimum absolute atomic E-state index is 0.0793. The quantitative estimate of drug-likeness (QED) is 0.447. The van der Waals surface area contributed by atoms with E-state index >= 15 is 0 Å². The van der Waals surface area contributed by atoms with E-state index in [-0.39, 0.29) is 18.9 Å². The number of alkyl carbamates (subject to hydrolysis) is 1. The van der Waals surface area contributed by atoms with Crippen molar-refractivity contribution >= 4 is 17.7 Å². The molecule has 7 nitrogen and oxygen atoms in total. The zero-order chi connectivity index (χ0) is 22.8. The highest BCUT2D eigenvalue weighted by molar-refractivity contribution is 5.81. The molecule has 0 spiro atoms. The summed E-state index contributed by atoms with van der Waals surface area (Å²) in [6, 6.07) is 20.7. The monoisotopic (exact) mass is 441 g/mol. The Kier molecular flexibility index (Phi) is 5.52. The largest absolute Gasteiger partial charge is 0.480 e. The normalized spacial score (nSPS) is 13.3. The SMILES string of the molecule is O=C(N[C@@H](CCc1cn2ccccc2n1)C(=O)O)OCC1c2ccccc2-c2ccccc21. The maximum Gasteiger partial charge on any atom is 0.407 e. The third-order valence-corrected chi connectivity index (χ3v) is 6.04. The van der Waals surface area contributed by atoms with Gasteiger partial charge >= 0.3 is 12.1 Å². The second-order valence-electron chi connectivity index (χ2n) is 8.10. The summed E-state index contributed by atoms with van der Waals surface area (Å²) in [7, 11) is 0. The Morgan fingerprint density at radius 1 is 1.00 bits per heavy atom. The Hall–Kier alpha value is -4.13. The standard InChI is InChI=1S/C26H23N3O4/c30-25(31)23(13-12-17-15-29-14-6-5-11-24(29)27-17)28-26(32)33-16-22-20-9-3-1-7-18(20)19-8-2-4-10-21(19)22/h1-11,14-15,22-23H,12-13,16H2,(H,28,32)(H,30,31)/t23-/m0/s1. The molecule has 0 saturated carbocycles. The number of rotatable bonds is 7. The molecule has 5 rings (SSSR count). The number of hydrogen-bond donors (Lipinski definition) is 2. The van der Waals surface area contributed by atoms with Gasteiger partial charge in [0.05, 0.1) is 5.69 Å². The lowest BCUT2D eigenvalue weighted by Crippen LogP contribution is -2.41. The first-order valence-electron chi connectivity index (χ1n) is 10.9. The van der Waals surface area contributed by atoms with Gasteiger partial charge in [-0.05, 0) is 47.2 Å². The van der Waals surface area contributed by atoms with E-state index in [1.54, 1.807) is 0 Å². The van der Waals surface area contributed by atoms with Crippen molar-refractivity contribution in [2.45, 2.75) is 24.8 Å². The molecule has 0 unspecified atom stereocenters. The summed E-state index contributed by atoms with van der Waals surface area (Å²) in [6.07, 6.45) is 3.64. The molecule has 1 aliphatic carbocycles. The molecule has 0 aliphatic heterocycles. The van der Waals surface area contributed by atoms with E-state index in [0.29, 0.717) is 6.42 Å². The third-order valence-electron chi connectivity index (χ3n) is 6.04. The van der Waals surface area contributed by atoms with Crippen LogP contribution in [0.25, 0.3) is 16.8 Å². The average molecular weight is 441 g/mol. The number of carboxylic acid groups (broad SMARTS) is 1. The number of hydrogen-bond acceptors (Lipinski definition) is 4. The minimum Gasteiger partial charge on any atom is -0.480 e. The zero-order valence-corrected chi connectivity index (χ0v) is 17.8. The molecule has 1 amide bonds. The fourth-order valence-electron chi connectivity index (χ4n) is 4.44. The minimum atomic E-state index is -1.10. The predicted molar refractivity (Wildman–Crippen MR) is 123 cm³/mol. The van der Waals surface area contributed by atoms with Gasteiger partial charge in [-0.1, -0.05) is 54.6 Å². The van der Waals surface area contributed by atoms with Gasteiger partial charge in [0.2, 0.25) is 0 Å². The molecule has 2 aromatic heterocycles. The highest BCUT2D eigenvalue weighted by Crippen LogP contribution is 2.44. The number of carbonyl (C=O) groups excluding carboxylic acids is 1. The number of fused-ring (bicyclic) bond motifs is 4. The van der Waals surface area contributed by atoms with Crippen LogP contribution in [-0.4, -0.2) is 39.2 Å². The van der Waals surface area contributed by atoms with Crippen molar-refractivity contribution in [3.8, 4) is 11.1 Å². The van der Waals surface area contributed by atoms with Crippen molar-refractivity contribution in [2.75, 3.05) is 6.61 Å². The topological polar surface area (TPSA) is 92.9 Å². The van der Waals surface area contributed by atoms with Crippen molar-refractivity contribution in [1.29, 1.82) is 0 Å².